The standard InChI is InChI=1S/C20H18F2N4O3S/c21-14-16(25-8-7-24-12-3-1-2-6-23-12)15(22)19(30)13-17(14)26(10-4-5-10)9-11(18(13)27)20(28)29/h1-3,6,9-10,25,30H,4-5,7-8H2,(H,23,24)(H,28,29). The van der Waals surface area contributed by atoms with E-state index in [4.69, 9.17) is 0 Å². The summed E-state index contributed by atoms with van der Waals surface area (Å²) in [7, 11) is 0. The molecule has 30 heavy (non-hydrogen) atoms. The first kappa shape index (κ1) is 20.1. The van der Waals surface area contributed by atoms with Crippen LogP contribution in [0.1, 0.15) is 29.2 Å². The number of aromatic nitrogens is 2. The molecule has 2 aromatic heterocycles. The molecule has 156 valence electrons. The lowest BCUT2D eigenvalue weighted by molar-refractivity contribution is 0.0694. The predicted molar refractivity (Wildman–Crippen MR) is 112 cm³/mol. The monoisotopic (exact) mass is 432 g/mol. The van der Waals surface area contributed by atoms with Gasteiger partial charge in [0.2, 0.25) is 5.43 Å². The molecule has 1 aliphatic carbocycles. The number of hydrogen-bond donors (Lipinski definition) is 4. The number of aromatic carboxylic acids is 1. The SMILES string of the molecule is O=C(O)c1cn(C2CC2)c2c(F)c(NCCNc3ccccn3)c(F)c(S)c2c1=O. The number of anilines is 2. The number of carboxylic acids is 1. The van der Waals surface area contributed by atoms with Crippen LogP contribution in [-0.2, 0) is 0 Å². The molecule has 0 bridgehead atoms. The van der Waals surface area contributed by atoms with Gasteiger partial charge in [-0.2, -0.15) is 0 Å². The van der Waals surface area contributed by atoms with Crippen molar-refractivity contribution in [3.8, 4) is 0 Å². The van der Waals surface area contributed by atoms with Crippen LogP contribution in [-0.4, -0.2) is 33.7 Å². The van der Waals surface area contributed by atoms with Crippen LogP contribution in [0.2, 0.25) is 0 Å². The van der Waals surface area contributed by atoms with E-state index in [9.17, 15) is 19.1 Å². The fourth-order valence-electron chi connectivity index (χ4n) is 3.31. The zero-order chi connectivity index (χ0) is 21.4. The minimum absolute atomic E-state index is 0.140. The Morgan fingerprint density at radius 1 is 1.23 bits per heavy atom. The van der Waals surface area contributed by atoms with Gasteiger partial charge in [0.05, 0.1) is 15.8 Å². The molecule has 0 spiro atoms. The molecule has 1 aliphatic rings. The summed E-state index contributed by atoms with van der Waals surface area (Å²) in [6.45, 7) is 0.507. The van der Waals surface area contributed by atoms with Crippen molar-refractivity contribution >= 4 is 41.0 Å². The summed E-state index contributed by atoms with van der Waals surface area (Å²) in [6.07, 6.45) is 4.18. The highest BCUT2D eigenvalue weighted by Gasteiger charge is 2.31. The van der Waals surface area contributed by atoms with Crippen molar-refractivity contribution in [1.82, 2.24) is 9.55 Å². The number of pyridine rings is 2. The summed E-state index contributed by atoms with van der Waals surface area (Å²) >= 11 is 4.09. The minimum atomic E-state index is -1.45. The van der Waals surface area contributed by atoms with Gasteiger partial charge in [-0.3, -0.25) is 4.79 Å². The van der Waals surface area contributed by atoms with Gasteiger partial charge < -0.3 is 20.3 Å². The molecule has 1 aromatic carbocycles. The zero-order valence-electron chi connectivity index (χ0n) is 15.7. The highest BCUT2D eigenvalue weighted by Crippen LogP contribution is 2.40. The largest absolute Gasteiger partial charge is 0.477 e. The molecule has 2 heterocycles. The third-order valence-electron chi connectivity index (χ3n) is 4.89. The Balaban J connectivity index is 1.73. The van der Waals surface area contributed by atoms with Crippen molar-refractivity contribution in [2.75, 3.05) is 23.7 Å². The van der Waals surface area contributed by atoms with Crippen LogP contribution in [0.25, 0.3) is 10.9 Å². The maximum Gasteiger partial charge on any atom is 0.341 e. The van der Waals surface area contributed by atoms with Gasteiger partial charge in [0.15, 0.2) is 11.6 Å². The van der Waals surface area contributed by atoms with E-state index < -0.39 is 34.3 Å². The van der Waals surface area contributed by atoms with E-state index in [-0.39, 0.29) is 28.4 Å². The van der Waals surface area contributed by atoms with Crippen LogP contribution in [0.3, 0.4) is 0 Å². The molecule has 0 amide bonds. The van der Waals surface area contributed by atoms with Gasteiger partial charge in [-0.1, -0.05) is 6.07 Å². The molecule has 4 rings (SSSR count). The van der Waals surface area contributed by atoms with E-state index in [1.54, 1.807) is 24.4 Å². The number of benzene rings is 1. The van der Waals surface area contributed by atoms with E-state index >= 15 is 4.39 Å². The van der Waals surface area contributed by atoms with Crippen molar-refractivity contribution in [3.05, 3.63) is 58.0 Å². The Morgan fingerprint density at radius 2 is 1.97 bits per heavy atom. The van der Waals surface area contributed by atoms with Crippen LogP contribution >= 0.6 is 12.6 Å². The Kier molecular flexibility index (Phi) is 5.33. The summed E-state index contributed by atoms with van der Waals surface area (Å²) in [5.41, 5.74) is -2.05. The first-order chi connectivity index (χ1) is 14.4. The second-order valence-electron chi connectivity index (χ2n) is 6.96. The highest BCUT2D eigenvalue weighted by molar-refractivity contribution is 7.80. The highest BCUT2D eigenvalue weighted by atomic mass is 32.1. The number of hydrogen-bond acceptors (Lipinski definition) is 6. The number of nitrogens with zero attached hydrogens (tertiary/aromatic N) is 2. The average molecular weight is 432 g/mol. The van der Waals surface area contributed by atoms with Gasteiger partial charge in [-0.25, -0.2) is 18.6 Å². The molecule has 10 heteroatoms. The molecule has 0 atom stereocenters. The van der Waals surface area contributed by atoms with Crippen LogP contribution in [0, 0.1) is 11.6 Å². The Labute approximate surface area is 175 Å². The Hall–Kier alpha value is -3.14. The van der Waals surface area contributed by atoms with Gasteiger partial charge in [0, 0.05) is 31.5 Å². The van der Waals surface area contributed by atoms with Crippen molar-refractivity contribution < 1.29 is 18.7 Å². The second kappa shape index (κ2) is 7.94. The predicted octanol–water partition coefficient (Wildman–Crippen LogP) is 3.52. The van der Waals surface area contributed by atoms with Gasteiger partial charge in [-0.15, -0.1) is 12.6 Å². The maximum atomic E-state index is 15.3. The normalized spacial score (nSPS) is 13.4. The van der Waals surface area contributed by atoms with Crippen LogP contribution in [0.5, 0.6) is 0 Å². The number of thiol groups is 1. The van der Waals surface area contributed by atoms with Crippen LogP contribution in [0.15, 0.2) is 40.3 Å². The molecule has 1 fully saturated rings. The number of carbonyl (C=O) groups is 1. The molecule has 1 saturated carbocycles. The summed E-state index contributed by atoms with van der Waals surface area (Å²) < 4.78 is 31.7. The lowest BCUT2D eigenvalue weighted by atomic mass is 10.1. The van der Waals surface area contributed by atoms with E-state index in [1.807, 2.05) is 0 Å². The van der Waals surface area contributed by atoms with Crippen molar-refractivity contribution in [1.29, 1.82) is 0 Å². The third kappa shape index (κ3) is 3.58. The second-order valence-corrected chi connectivity index (χ2v) is 7.41. The molecular formula is C20H18F2N4O3S. The molecule has 0 unspecified atom stereocenters. The molecule has 7 nitrogen and oxygen atoms in total. The van der Waals surface area contributed by atoms with Crippen molar-refractivity contribution in [3.63, 3.8) is 0 Å². The molecule has 0 aliphatic heterocycles. The van der Waals surface area contributed by atoms with Gasteiger partial charge in [0.25, 0.3) is 0 Å². The fourth-order valence-corrected chi connectivity index (χ4v) is 3.63. The van der Waals surface area contributed by atoms with Gasteiger partial charge in [-0.05, 0) is 25.0 Å². The lowest BCUT2D eigenvalue weighted by Crippen LogP contribution is -2.22. The summed E-state index contributed by atoms with van der Waals surface area (Å²) in [5.74, 6) is -2.81. The number of fused-ring (bicyclic) bond motifs is 1. The van der Waals surface area contributed by atoms with Crippen molar-refractivity contribution in [2.24, 2.45) is 0 Å². The van der Waals surface area contributed by atoms with Crippen LogP contribution in [0.4, 0.5) is 20.3 Å². The topological polar surface area (TPSA) is 96.2 Å². The Morgan fingerprint density at radius 3 is 2.60 bits per heavy atom. The van der Waals surface area contributed by atoms with Gasteiger partial charge >= 0.3 is 5.97 Å². The first-order valence-electron chi connectivity index (χ1n) is 9.31. The molecule has 3 N–H and O–H groups in total. The van der Waals surface area contributed by atoms with E-state index in [0.29, 0.717) is 25.2 Å². The number of halogens is 2. The quantitative estimate of drug-likeness (QED) is 0.337. The number of nitrogens with one attached hydrogen (secondary N) is 2. The average Bonchev–Trinajstić information content (AvgIpc) is 3.57. The zero-order valence-corrected chi connectivity index (χ0v) is 16.5. The van der Waals surface area contributed by atoms with Crippen LogP contribution < -0.4 is 16.1 Å². The summed E-state index contributed by atoms with van der Waals surface area (Å²) in [6, 6.07) is 5.20. The number of carboxylic acid groups (broad SMARTS) is 1. The molecular weight excluding hydrogens is 414 g/mol. The number of rotatable bonds is 7. The van der Waals surface area contributed by atoms with E-state index in [0.717, 1.165) is 6.20 Å². The fraction of sp³-hybridized carbons (Fsp3) is 0.250. The Bertz CT molecular complexity index is 1200. The van der Waals surface area contributed by atoms with E-state index in [2.05, 4.69) is 28.2 Å². The molecule has 0 saturated heterocycles. The third-order valence-corrected chi connectivity index (χ3v) is 5.31. The summed E-state index contributed by atoms with van der Waals surface area (Å²) in [4.78, 5) is 27.8. The minimum Gasteiger partial charge on any atom is -0.477 e. The first-order valence-corrected chi connectivity index (χ1v) is 9.75. The molecule has 3 aromatic rings. The smallest absolute Gasteiger partial charge is 0.341 e. The lowest BCUT2D eigenvalue weighted by Gasteiger charge is -2.18. The maximum absolute atomic E-state index is 15.3. The molecule has 0 radical (unpaired) electrons. The summed E-state index contributed by atoms with van der Waals surface area (Å²) in [5, 5.41) is 14.7. The van der Waals surface area contributed by atoms with Gasteiger partial charge in [0.1, 0.15) is 17.1 Å². The van der Waals surface area contributed by atoms with E-state index in [1.165, 1.54) is 4.57 Å². The van der Waals surface area contributed by atoms with Crippen molar-refractivity contribution in [2.45, 2.75) is 23.8 Å².